The molecule has 0 fully saturated rings. The maximum Gasteiger partial charge on any atom is 0.335 e. The van der Waals surface area contributed by atoms with Gasteiger partial charge in [-0.1, -0.05) is 11.6 Å². The average molecular weight is 275 g/mol. The van der Waals surface area contributed by atoms with Crippen LogP contribution in [0.3, 0.4) is 0 Å². The summed E-state index contributed by atoms with van der Waals surface area (Å²) in [7, 11) is 0. The smallest absolute Gasteiger partial charge is 0.335 e. The van der Waals surface area contributed by atoms with Crippen molar-refractivity contribution in [1.82, 2.24) is 5.32 Å². The van der Waals surface area contributed by atoms with Crippen LogP contribution in [-0.2, 0) is 0 Å². The Hall–Kier alpha value is -1.81. The van der Waals surface area contributed by atoms with E-state index in [1.165, 1.54) is 19.3 Å². The molecule has 0 amide bonds. The number of hydrogen-bond donors (Lipinski definition) is 2. The first kappa shape index (κ1) is 14.6. The molecule has 0 bridgehead atoms. The van der Waals surface area contributed by atoms with Crippen molar-refractivity contribution in [2.45, 2.75) is 25.7 Å². The molecule has 2 rings (SSSR count). The number of rotatable bonds is 8. The Morgan fingerprint density at radius 2 is 2.05 bits per heavy atom. The number of aromatic carboxylic acids is 1. The molecule has 0 aliphatic heterocycles. The van der Waals surface area contributed by atoms with Crippen LogP contribution in [-0.4, -0.2) is 30.8 Å². The van der Waals surface area contributed by atoms with Crippen molar-refractivity contribution >= 4 is 5.97 Å². The number of ether oxygens (including phenoxy) is 1. The minimum atomic E-state index is -0.917. The van der Waals surface area contributed by atoms with Crippen molar-refractivity contribution in [2.24, 2.45) is 0 Å². The molecule has 1 aliphatic rings. The molecule has 1 aliphatic carbocycles. The number of hydrogen-bond acceptors (Lipinski definition) is 3. The van der Waals surface area contributed by atoms with E-state index in [0.29, 0.717) is 12.4 Å². The summed E-state index contributed by atoms with van der Waals surface area (Å²) in [4.78, 5) is 10.7. The van der Waals surface area contributed by atoms with Gasteiger partial charge in [0.1, 0.15) is 12.4 Å². The van der Waals surface area contributed by atoms with Gasteiger partial charge in [0.25, 0.3) is 0 Å². The molecule has 20 heavy (non-hydrogen) atoms. The topological polar surface area (TPSA) is 58.6 Å². The van der Waals surface area contributed by atoms with Crippen LogP contribution in [0.4, 0.5) is 0 Å². The second-order valence-electron chi connectivity index (χ2n) is 4.93. The lowest BCUT2D eigenvalue weighted by Crippen LogP contribution is -2.22. The molecule has 0 spiro atoms. The summed E-state index contributed by atoms with van der Waals surface area (Å²) in [6.07, 6.45) is 7.29. The van der Waals surface area contributed by atoms with Crippen LogP contribution in [0.2, 0.25) is 0 Å². The molecular weight excluding hydrogens is 254 g/mol. The molecule has 0 atom stereocenters. The van der Waals surface area contributed by atoms with Gasteiger partial charge in [-0.15, -0.1) is 0 Å². The Kier molecular flexibility index (Phi) is 5.62. The number of allylic oxidation sites excluding steroid dienone is 1. The number of carbonyl (C=O) groups is 1. The summed E-state index contributed by atoms with van der Waals surface area (Å²) >= 11 is 0. The second-order valence-corrected chi connectivity index (χ2v) is 4.93. The molecule has 1 aromatic rings. The van der Waals surface area contributed by atoms with Crippen LogP contribution in [0.5, 0.6) is 5.75 Å². The van der Waals surface area contributed by atoms with E-state index in [2.05, 4.69) is 11.4 Å². The first-order valence-electron chi connectivity index (χ1n) is 7.10. The monoisotopic (exact) mass is 275 g/mol. The quantitative estimate of drug-likeness (QED) is 0.566. The van der Waals surface area contributed by atoms with Crippen molar-refractivity contribution in [3.63, 3.8) is 0 Å². The number of benzene rings is 1. The first-order valence-corrected chi connectivity index (χ1v) is 7.10. The normalized spacial score (nSPS) is 14.1. The third kappa shape index (κ3) is 4.70. The predicted octanol–water partition coefficient (Wildman–Crippen LogP) is 2.85. The SMILES string of the molecule is O=C(O)c1ccc(OCCNCCC2=CCCC2)cc1. The van der Waals surface area contributed by atoms with E-state index in [4.69, 9.17) is 9.84 Å². The minimum Gasteiger partial charge on any atom is -0.492 e. The van der Waals surface area contributed by atoms with Crippen LogP contribution in [0, 0.1) is 0 Å². The van der Waals surface area contributed by atoms with E-state index in [1.807, 2.05) is 0 Å². The molecule has 0 saturated carbocycles. The number of nitrogens with one attached hydrogen (secondary N) is 1. The van der Waals surface area contributed by atoms with E-state index in [-0.39, 0.29) is 5.56 Å². The lowest BCUT2D eigenvalue weighted by molar-refractivity contribution is 0.0697. The van der Waals surface area contributed by atoms with Crippen LogP contribution >= 0.6 is 0 Å². The summed E-state index contributed by atoms with van der Waals surface area (Å²) in [6, 6.07) is 6.48. The Morgan fingerprint density at radius 1 is 1.25 bits per heavy atom. The number of carboxylic acid groups (broad SMARTS) is 1. The van der Waals surface area contributed by atoms with Gasteiger partial charge in [-0.3, -0.25) is 0 Å². The number of carboxylic acids is 1. The van der Waals surface area contributed by atoms with E-state index < -0.39 is 5.97 Å². The molecule has 4 nitrogen and oxygen atoms in total. The largest absolute Gasteiger partial charge is 0.492 e. The molecule has 4 heteroatoms. The van der Waals surface area contributed by atoms with Gasteiger partial charge in [-0.05, 0) is 56.5 Å². The van der Waals surface area contributed by atoms with Crippen LogP contribution < -0.4 is 10.1 Å². The van der Waals surface area contributed by atoms with Gasteiger partial charge in [0.2, 0.25) is 0 Å². The molecular formula is C16H21NO3. The second kappa shape index (κ2) is 7.70. The highest BCUT2D eigenvalue weighted by Gasteiger charge is 2.04. The molecule has 1 aromatic carbocycles. The molecule has 0 unspecified atom stereocenters. The Bertz CT molecular complexity index is 465. The van der Waals surface area contributed by atoms with Crippen LogP contribution in [0.15, 0.2) is 35.9 Å². The van der Waals surface area contributed by atoms with Crippen molar-refractivity contribution < 1.29 is 14.6 Å². The minimum absolute atomic E-state index is 0.278. The highest BCUT2D eigenvalue weighted by atomic mass is 16.5. The molecule has 0 heterocycles. The summed E-state index contributed by atoms with van der Waals surface area (Å²) < 4.78 is 5.54. The zero-order chi connectivity index (χ0) is 14.2. The lowest BCUT2D eigenvalue weighted by Gasteiger charge is -2.08. The maximum atomic E-state index is 10.7. The summed E-state index contributed by atoms with van der Waals surface area (Å²) in [6.45, 7) is 2.38. The first-order chi connectivity index (χ1) is 9.75. The Morgan fingerprint density at radius 3 is 2.70 bits per heavy atom. The van der Waals surface area contributed by atoms with Gasteiger partial charge in [0.15, 0.2) is 0 Å². The Labute approximate surface area is 119 Å². The van der Waals surface area contributed by atoms with Crippen molar-refractivity contribution in [3.8, 4) is 5.75 Å². The molecule has 0 aromatic heterocycles. The summed E-state index contributed by atoms with van der Waals surface area (Å²) in [5, 5.41) is 12.1. The van der Waals surface area contributed by atoms with E-state index in [9.17, 15) is 4.79 Å². The third-order valence-electron chi connectivity index (χ3n) is 3.41. The van der Waals surface area contributed by atoms with E-state index in [1.54, 1.807) is 29.8 Å². The summed E-state index contributed by atoms with van der Waals surface area (Å²) in [5.41, 5.74) is 1.85. The van der Waals surface area contributed by atoms with Gasteiger partial charge >= 0.3 is 5.97 Å². The lowest BCUT2D eigenvalue weighted by atomic mass is 10.2. The van der Waals surface area contributed by atoms with Crippen molar-refractivity contribution in [2.75, 3.05) is 19.7 Å². The highest BCUT2D eigenvalue weighted by molar-refractivity contribution is 5.87. The van der Waals surface area contributed by atoms with Gasteiger partial charge in [-0.25, -0.2) is 4.79 Å². The fourth-order valence-corrected chi connectivity index (χ4v) is 2.27. The molecule has 0 saturated heterocycles. The third-order valence-corrected chi connectivity index (χ3v) is 3.41. The summed E-state index contributed by atoms with van der Waals surface area (Å²) in [5.74, 6) is -0.213. The van der Waals surface area contributed by atoms with Gasteiger partial charge < -0.3 is 15.2 Å². The predicted molar refractivity (Wildman–Crippen MR) is 78.3 cm³/mol. The van der Waals surface area contributed by atoms with Gasteiger partial charge in [0.05, 0.1) is 5.56 Å². The maximum absolute atomic E-state index is 10.7. The molecule has 2 N–H and O–H groups in total. The Balaban J connectivity index is 1.57. The fourth-order valence-electron chi connectivity index (χ4n) is 2.27. The standard InChI is InChI=1S/C16H21NO3/c18-16(19)14-5-7-15(8-6-14)20-12-11-17-10-9-13-3-1-2-4-13/h3,5-8,17H,1-2,4,9-12H2,(H,18,19). The zero-order valence-electron chi connectivity index (χ0n) is 11.6. The molecule has 0 radical (unpaired) electrons. The zero-order valence-corrected chi connectivity index (χ0v) is 11.6. The fraction of sp³-hybridized carbons (Fsp3) is 0.438. The molecule has 108 valence electrons. The van der Waals surface area contributed by atoms with E-state index in [0.717, 1.165) is 19.5 Å². The van der Waals surface area contributed by atoms with Crippen LogP contribution in [0.1, 0.15) is 36.0 Å². The van der Waals surface area contributed by atoms with Crippen molar-refractivity contribution in [1.29, 1.82) is 0 Å². The average Bonchev–Trinajstić information content (AvgIpc) is 2.96. The van der Waals surface area contributed by atoms with E-state index >= 15 is 0 Å². The van der Waals surface area contributed by atoms with Gasteiger partial charge in [-0.2, -0.15) is 0 Å². The van der Waals surface area contributed by atoms with Crippen LogP contribution in [0.25, 0.3) is 0 Å². The highest BCUT2D eigenvalue weighted by Crippen LogP contribution is 2.19. The van der Waals surface area contributed by atoms with Gasteiger partial charge in [0, 0.05) is 6.54 Å². The van der Waals surface area contributed by atoms with Crippen molar-refractivity contribution in [3.05, 3.63) is 41.5 Å².